The van der Waals surface area contributed by atoms with E-state index in [1.54, 1.807) is 0 Å². The fourth-order valence-corrected chi connectivity index (χ4v) is 2.16. The minimum absolute atomic E-state index is 0.531. The fraction of sp³-hybridized carbons (Fsp3) is 1.00. The zero-order chi connectivity index (χ0) is 10.8. The van der Waals surface area contributed by atoms with Crippen molar-refractivity contribution in [2.24, 2.45) is 0 Å². The molecule has 14 heavy (non-hydrogen) atoms. The number of piperazine rings is 1. The van der Waals surface area contributed by atoms with E-state index < -0.39 is 5.60 Å². The molecule has 1 aliphatic heterocycles. The molecule has 1 fully saturated rings. The van der Waals surface area contributed by atoms with Gasteiger partial charge in [-0.05, 0) is 27.2 Å². The van der Waals surface area contributed by atoms with E-state index in [9.17, 15) is 5.11 Å². The van der Waals surface area contributed by atoms with E-state index in [4.69, 9.17) is 0 Å². The average molecular weight is 200 g/mol. The van der Waals surface area contributed by atoms with E-state index in [1.165, 1.54) is 0 Å². The van der Waals surface area contributed by atoms with Crippen molar-refractivity contribution in [3.05, 3.63) is 0 Å². The third-order valence-corrected chi connectivity index (χ3v) is 2.96. The average Bonchev–Trinajstić information content (AvgIpc) is 2.01. The topological polar surface area (TPSA) is 35.5 Å². The minimum atomic E-state index is -0.531. The quantitative estimate of drug-likeness (QED) is 0.708. The van der Waals surface area contributed by atoms with E-state index in [0.717, 1.165) is 26.1 Å². The molecule has 1 rings (SSSR count). The summed E-state index contributed by atoms with van der Waals surface area (Å²) < 4.78 is 0. The van der Waals surface area contributed by atoms with Crippen molar-refractivity contribution in [1.29, 1.82) is 0 Å². The summed E-state index contributed by atoms with van der Waals surface area (Å²) in [6.07, 6.45) is 0.819. The zero-order valence-corrected chi connectivity index (χ0v) is 9.88. The lowest BCUT2D eigenvalue weighted by Gasteiger charge is -2.39. The Hall–Kier alpha value is -0.120. The van der Waals surface area contributed by atoms with Gasteiger partial charge in [-0.15, -0.1) is 0 Å². The van der Waals surface area contributed by atoms with E-state index >= 15 is 0 Å². The second kappa shape index (κ2) is 4.60. The summed E-state index contributed by atoms with van der Waals surface area (Å²) in [5.41, 5.74) is -0.531. The number of β-amino-alcohol motifs (C(OH)–C–C–N with tert-alkyl or cyclic N) is 1. The lowest BCUT2D eigenvalue weighted by Crippen LogP contribution is -2.57. The van der Waals surface area contributed by atoms with Gasteiger partial charge in [0.25, 0.3) is 0 Å². The van der Waals surface area contributed by atoms with E-state index in [-0.39, 0.29) is 0 Å². The summed E-state index contributed by atoms with van der Waals surface area (Å²) in [6, 6.07) is 1.07. The molecular formula is C11H24N2O. The Labute approximate surface area is 87.5 Å². The van der Waals surface area contributed by atoms with Gasteiger partial charge < -0.3 is 10.4 Å². The second-order valence-electron chi connectivity index (χ2n) is 5.01. The lowest BCUT2D eigenvalue weighted by atomic mass is 10.0. The van der Waals surface area contributed by atoms with Gasteiger partial charge in [0.05, 0.1) is 5.60 Å². The van der Waals surface area contributed by atoms with Gasteiger partial charge in [0, 0.05) is 31.7 Å². The molecule has 0 aromatic rings. The van der Waals surface area contributed by atoms with Crippen molar-refractivity contribution in [1.82, 2.24) is 10.2 Å². The van der Waals surface area contributed by atoms with Gasteiger partial charge in [-0.3, -0.25) is 4.90 Å². The Bertz CT molecular complexity index is 172. The maximum Gasteiger partial charge on any atom is 0.0743 e. The Balaban J connectivity index is 2.44. The Morgan fingerprint density at radius 1 is 1.36 bits per heavy atom. The van der Waals surface area contributed by atoms with Gasteiger partial charge in [0.15, 0.2) is 0 Å². The standard InChI is InChI=1S/C11H24N2O/c1-5-11(4,14)8-13-6-9(2)12-10(3)7-13/h9-10,12,14H,5-8H2,1-4H3. The van der Waals surface area contributed by atoms with Crippen LogP contribution >= 0.6 is 0 Å². The summed E-state index contributed by atoms with van der Waals surface area (Å²) in [4.78, 5) is 2.36. The SMILES string of the molecule is CCC(C)(O)CN1CC(C)NC(C)C1. The van der Waals surface area contributed by atoms with Gasteiger partial charge >= 0.3 is 0 Å². The van der Waals surface area contributed by atoms with Crippen molar-refractivity contribution in [2.45, 2.75) is 51.8 Å². The van der Waals surface area contributed by atoms with Crippen LogP contribution in [-0.2, 0) is 0 Å². The number of hydrogen-bond acceptors (Lipinski definition) is 3. The summed E-state index contributed by atoms with van der Waals surface area (Å²) in [5, 5.41) is 13.5. The first kappa shape index (κ1) is 12.0. The van der Waals surface area contributed by atoms with Crippen molar-refractivity contribution in [3.63, 3.8) is 0 Å². The Kier molecular flexibility index (Phi) is 3.93. The molecular weight excluding hydrogens is 176 g/mol. The highest BCUT2D eigenvalue weighted by molar-refractivity contribution is 4.85. The molecule has 2 N–H and O–H groups in total. The summed E-state index contributed by atoms with van der Waals surface area (Å²) in [5.74, 6) is 0. The molecule has 0 aromatic carbocycles. The van der Waals surface area contributed by atoms with Crippen LogP contribution in [0, 0.1) is 0 Å². The van der Waals surface area contributed by atoms with Crippen LogP contribution in [-0.4, -0.2) is 47.3 Å². The van der Waals surface area contributed by atoms with Crippen LogP contribution in [0.15, 0.2) is 0 Å². The molecule has 0 aliphatic carbocycles. The molecule has 0 spiro atoms. The predicted molar refractivity (Wildman–Crippen MR) is 59.4 cm³/mol. The molecule has 3 nitrogen and oxygen atoms in total. The Morgan fingerprint density at radius 2 is 1.86 bits per heavy atom. The molecule has 1 aliphatic rings. The summed E-state index contributed by atoms with van der Waals surface area (Å²) >= 11 is 0. The van der Waals surface area contributed by atoms with Crippen LogP contribution in [0.2, 0.25) is 0 Å². The highest BCUT2D eigenvalue weighted by Crippen LogP contribution is 2.13. The van der Waals surface area contributed by atoms with E-state index in [1.807, 2.05) is 13.8 Å². The molecule has 1 saturated heterocycles. The van der Waals surface area contributed by atoms with Crippen LogP contribution in [0.5, 0.6) is 0 Å². The first-order valence-corrected chi connectivity index (χ1v) is 5.64. The highest BCUT2D eigenvalue weighted by Gasteiger charge is 2.27. The monoisotopic (exact) mass is 200 g/mol. The van der Waals surface area contributed by atoms with Crippen LogP contribution in [0.25, 0.3) is 0 Å². The maximum atomic E-state index is 9.99. The lowest BCUT2D eigenvalue weighted by molar-refractivity contribution is 0.00460. The van der Waals surface area contributed by atoms with Gasteiger partial charge in [-0.1, -0.05) is 6.92 Å². The number of hydrogen-bond donors (Lipinski definition) is 2. The molecule has 0 bridgehead atoms. The number of aliphatic hydroxyl groups is 1. The van der Waals surface area contributed by atoms with Gasteiger partial charge in [0.2, 0.25) is 0 Å². The van der Waals surface area contributed by atoms with Crippen molar-refractivity contribution >= 4 is 0 Å². The summed E-state index contributed by atoms with van der Waals surface area (Å²) in [7, 11) is 0. The second-order valence-corrected chi connectivity index (χ2v) is 5.01. The van der Waals surface area contributed by atoms with E-state index in [2.05, 4.69) is 24.1 Å². The molecule has 1 heterocycles. The zero-order valence-electron chi connectivity index (χ0n) is 9.88. The van der Waals surface area contributed by atoms with Crippen LogP contribution in [0.3, 0.4) is 0 Å². The van der Waals surface area contributed by atoms with Crippen molar-refractivity contribution in [2.75, 3.05) is 19.6 Å². The van der Waals surface area contributed by atoms with Gasteiger partial charge in [-0.25, -0.2) is 0 Å². The molecule has 0 aromatic heterocycles. The largest absolute Gasteiger partial charge is 0.389 e. The van der Waals surface area contributed by atoms with Crippen molar-refractivity contribution in [3.8, 4) is 0 Å². The minimum Gasteiger partial charge on any atom is -0.389 e. The first-order valence-electron chi connectivity index (χ1n) is 5.64. The van der Waals surface area contributed by atoms with E-state index in [0.29, 0.717) is 12.1 Å². The van der Waals surface area contributed by atoms with Crippen molar-refractivity contribution < 1.29 is 5.11 Å². The Morgan fingerprint density at radius 3 is 2.29 bits per heavy atom. The number of nitrogens with zero attached hydrogens (tertiary/aromatic N) is 1. The number of rotatable bonds is 3. The molecule has 84 valence electrons. The number of nitrogens with one attached hydrogen (secondary N) is 1. The normalized spacial score (nSPS) is 34.1. The first-order chi connectivity index (χ1) is 6.43. The van der Waals surface area contributed by atoms with Crippen LogP contribution in [0.1, 0.15) is 34.1 Å². The molecule has 3 heteroatoms. The fourth-order valence-electron chi connectivity index (χ4n) is 2.16. The maximum absolute atomic E-state index is 9.99. The third-order valence-electron chi connectivity index (χ3n) is 2.96. The highest BCUT2D eigenvalue weighted by atomic mass is 16.3. The van der Waals surface area contributed by atoms with Crippen LogP contribution in [0.4, 0.5) is 0 Å². The summed E-state index contributed by atoms with van der Waals surface area (Å²) in [6.45, 7) is 11.2. The smallest absolute Gasteiger partial charge is 0.0743 e. The molecule has 0 saturated carbocycles. The molecule has 3 unspecified atom stereocenters. The van der Waals surface area contributed by atoms with Gasteiger partial charge in [0.1, 0.15) is 0 Å². The molecule has 0 radical (unpaired) electrons. The van der Waals surface area contributed by atoms with Gasteiger partial charge in [-0.2, -0.15) is 0 Å². The molecule has 0 amide bonds. The predicted octanol–water partition coefficient (Wildman–Crippen LogP) is 0.830. The molecule has 3 atom stereocenters. The third kappa shape index (κ3) is 3.56. The van der Waals surface area contributed by atoms with Crippen LogP contribution < -0.4 is 5.32 Å².